The van der Waals surface area contributed by atoms with Gasteiger partial charge in [-0.25, -0.2) is 0 Å². The van der Waals surface area contributed by atoms with Gasteiger partial charge >= 0.3 is 0 Å². The fourth-order valence-electron chi connectivity index (χ4n) is 3.52. The van der Waals surface area contributed by atoms with Crippen molar-refractivity contribution >= 4 is 22.6 Å². The third-order valence-corrected chi connectivity index (χ3v) is 5.43. The minimum atomic E-state index is -0.578. The van der Waals surface area contributed by atoms with Crippen LogP contribution in [0.4, 0.5) is 0 Å². The molecule has 1 aliphatic rings. The van der Waals surface area contributed by atoms with E-state index in [2.05, 4.69) is 52.7 Å². The molecule has 0 aromatic heterocycles. The van der Waals surface area contributed by atoms with E-state index in [-0.39, 0.29) is 24.3 Å². The van der Waals surface area contributed by atoms with Gasteiger partial charge in [0.1, 0.15) is 0 Å². The van der Waals surface area contributed by atoms with Gasteiger partial charge in [-0.05, 0) is 22.3 Å². The van der Waals surface area contributed by atoms with Crippen LogP contribution in [0, 0.1) is 5.92 Å². The van der Waals surface area contributed by atoms with Gasteiger partial charge in [0.15, 0.2) is 0 Å². The normalized spacial score (nSPS) is 16.4. The van der Waals surface area contributed by atoms with Gasteiger partial charge in [0.2, 0.25) is 11.8 Å². The first-order valence-electron chi connectivity index (χ1n) is 9.96. The minimum absolute atomic E-state index is 0.0164. The number of amides is 2. The van der Waals surface area contributed by atoms with E-state index >= 15 is 0 Å². The lowest BCUT2D eigenvalue weighted by atomic mass is 10.0. The van der Waals surface area contributed by atoms with E-state index in [0.717, 1.165) is 19.6 Å². The fourth-order valence-corrected chi connectivity index (χ4v) is 3.52. The van der Waals surface area contributed by atoms with Gasteiger partial charge in [-0.2, -0.15) is 0 Å². The Hall–Kier alpha value is -2.44. The summed E-state index contributed by atoms with van der Waals surface area (Å²) < 4.78 is 0. The Balaban J connectivity index is 1.49. The van der Waals surface area contributed by atoms with E-state index in [1.807, 2.05) is 18.7 Å². The molecule has 3 N–H and O–H groups in total. The van der Waals surface area contributed by atoms with Crippen LogP contribution in [-0.2, 0) is 16.1 Å². The van der Waals surface area contributed by atoms with Crippen molar-refractivity contribution in [2.45, 2.75) is 26.4 Å². The van der Waals surface area contributed by atoms with Crippen LogP contribution in [0.1, 0.15) is 19.4 Å². The average Bonchev–Trinajstić information content (AvgIpc) is 2.72. The van der Waals surface area contributed by atoms with Crippen LogP contribution >= 0.6 is 0 Å². The standard InChI is InChI=1S/C22H30N4O2/c1-16(2)21(23)22(28)24-14-20(27)26-12-10-25(11-13-26)15-18-8-5-7-17-6-3-4-9-19(17)18/h3-9,16,21H,10-15,23H2,1-2H3,(H,24,28)/t21-/m0/s1. The number of fused-ring (bicyclic) bond motifs is 1. The molecule has 2 aromatic carbocycles. The molecule has 0 bridgehead atoms. The van der Waals surface area contributed by atoms with E-state index in [4.69, 9.17) is 5.73 Å². The molecule has 6 nitrogen and oxygen atoms in total. The van der Waals surface area contributed by atoms with Crippen LogP contribution in [0.5, 0.6) is 0 Å². The number of hydrogen-bond acceptors (Lipinski definition) is 4. The highest BCUT2D eigenvalue weighted by Crippen LogP contribution is 2.20. The molecule has 0 radical (unpaired) electrons. The fraction of sp³-hybridized carbons (Fsp3) is 0.455. The molecule has 0 spiro atoms. The topological polar surface area (TPSA) is 78.7 Å². The van der Waals surface area contributed by atoms with Crippen LogP contribution in [0.25, 0.3) is 10.8 Å². The van der Waals surface area contributed by atoms with Crippen molar-refractivity contribution in [1.82, 2.24) is 15.1 Å². The second-order valence-corrected chi connectivity index (χ2v) is 7.78. The van der Waals surface area contributed by atoms with Crippen molar-refractivity contribution in [2.75, 3.05) is 32.7 Å². The molecular weight excluding hydrogens is 352 g/mol. The maximum Gasteiger partial charge on any atom is 0.242 e. The Morgan fingerprint density at radius 2 is 1.71 bits per heavy atom. The molecule has 150 valence electrons. The Labute approximate surface area is 166 Å². The number of piperazine rings is 1. The monoisotopic (exact) mass is 382 g/mol. The summed E-state index contributed by atoms with van der Waals surface area (Å²) in [5, 5.41) is 5.20. The molecule has 0 saturated carbocycles. The maximum atomic E-state index is 12.4. The first kappa shape index (κ1) is 20.3. The van der Waals surface area contributed by atoms with Gasteiger partial charge in [0, 0.05) is 32.7 Å². The first-order chi connectivity index (χ1) is 13.5. The molecule has 1 fully saturated rings. The van der Waals surface area contributed by atoms with Crippen LogP contribution in [0.2, 0.25) is 0 Å². The summed E-state index contributed by atoms with van der Waals surface area (Å²) >= 11 is 0. The van der Waals surface area contributed by atoms with Gasteiger partial charge in [-0.1, -0.05) is 56.3 Å². The Morgan fingerprint density at radius 1 is 1.04 bits per heavy atom. The third-order valence-electron chi connectivity index (χ3n) is 5.43. The summed E-state index contributed by atoms with van der Waals surface area (Å²) in [5.74, 6) is -0.264. The molecular formula is C22H30N4O2. The lowest BCUT2D eigenvalue weighted by Gasteiger charge is -2.35. The summed E-state index contributed by atoms with van der Waals surface area (Å²) in [6.07, 6.45) is 0. The smallest absolute Gasteiger partial charge is 0.242 e. The highest BCUT2D eigenvalue weighted by atomic mass is 16.2. The summed E-state index contributed by atoms with van der Waals surface area (Å²) in [4.78, 5) is 28.5. The molecule has 3 rings (SSSR count). The number of nitrogens with zero attached hydrogens (tertiary/aromatic N) is 2. The van der Waals surface area contributed by atoms with Gasteiger partial charge in [0.25, 0.3) is 0 Å². The molecule has 1 aliphatic heterocycles. The van der Waals surface area contributed by atoms with Crippen molar-refractivity contribution in [3.63, 3.8) is 0 Å². The predicted octanol–water partition coefficient (Wildman–Crippen LogP) is 1.58. The molecule has 1 atom stereocenters. The molecule has 2 amide bonds. The molecule has 0 aliphatic carbocycles. The third kappa shape index (κ3) is 4.88. The zero-order chi connectivity index (χ0) is 20.1. The quantitative estimate of drug-likeness (QED) is 0.795. The zero-order valence-corrected chi connectivity index (χ0v) is 16.7. The summed E-state index contributed by atoms with van der Waals surface area (Å²) in [6.45, 7) is 7.68. The maximum absolute atomic E-state index is 12.4. The summed E-state index contributed by atoms with van der Waals surface area (Å²) in [7, 11) is 0. The van der Waals surface area contributed by atoms with E-state index in [0.29, 0.717) is 13.1 Å². The number of carbonyl (C=O) groups is 2. The lowest BCUT2D eigenvalue weighted by molar-refractivity contribution is -0.134. The SMILES string of the molecule is CC(C)[C@H](N)C(=O)NCC(=O)N1CCN(Cc2cccc3ccccc23)CC1. The molecule has 6 heteroatoms. The van der Waals surface area contributed by atoms with Gasteiger partial charge in [-0.3, -0.25) is 14.5 Å². The first-order valence-corrected chi connectivity index (χ1v) is 9.96. The second kappa shape index (κ2) is 9.17. The average molecular weight is 383 g/mol. The molecule has 1 saturated heterocycles. The van der Waals surface area contributed by atoms with E-state index in [9.17, 15) is 9.59 Å². The number of carbonyl (C=O) groups excluding carboxylic acids is 2. The molecule has 28 heavy (non-hydrogen) atoms. The van der Waals surface area contributed by atoms with Crippen molar-refractivity contribution in [3.05, 3.63) is 48.0 Å². The molecule has 0 unspecified atom stereocenters. The van der Waals surface area contributed by atoms with Crippen LogP contribution < -0.4 is 11.1 Å². The highest BCUT2D eigenvalue weighted by molar-refractivity contribution is 5.87. The van der Waals surface area contributed by atoms with Gasteiger partial charge in [0.05, 0.1) is 12.6 Å². The second-order valence-electron chi connectivity index (χ2n) is 7.78. The van der Waals surface area contributed by atoms with Crippen molar-refractivity contribution in [2.24, 2.45) is 11.7 Å². The van der Waals surface area contributed by atoms with Crippen molar-refractivity contribution in [3.8, 4) is 0 Å². The number of nitrogens with one attached hydrogen (secondary N) is 1. The number of benzene rings is 2. The molecule has 1 heterocycles. The Bertz CT molecular complexity index is 823. The lowest BCUT2D eigenvalue weighted by Crippen LogP contribution is -2.52. The predicted molar refractivity (Wildman–Crippen MR) is 112 cm³/mol. The summed E-state index contributed by atoms with van der Waals surface area (Å²) in [6, 6.07) is 14.3. The van der Waals surface area contributed by atoms with Crippen LogP contribution in [0.3, 0.4) is 0 Å². The minimum Gasteiger partial charge on any atom is -0.346 e. The highest BCUT2D eigenvalue weighted by Gasteiger charge is 2.23. The van der Waals surface area contributed by atoms with Crippen molar-refractivity contribution in [1.29, 1.82) is 0 Å². The van der Waals surface area contributed by atoms with E-state index in [1.54, 1.807) is 0 Å². The van der Waals surface area contributed by atoms with Crippen LogP contribution in [-0.4, -0.2) is 60.4 Å². The van der Waals surface area contributed by atoms with Gasteiger partial charge in [-0.15, -0.1) is 0 Å². The largest absolute Gasteiger partial charge is 0.346 e. The zero-order valence-electron chi connectivity index (χ0n) is 16.7. The Morgan fingerprint density at radius 3 is 2.43 bits per heavy atom. The number of hydrogen-bond donors (Lipinski definition) is 2. The van der Waals surface area contributed by atoms with E-state index in [1.165, 1.54) is 16.3 Å². The van der Waals surface area contributed by atoms with Crippen molar-refractivity contribution < 1.29 is 9.59 Å². The number of nitrogens with two attached hydrogens (primary N) is 1. The molecule has 2 aromatic rings. The summed E-state index contributed by atoms with van der Waals surface area (Å²) in [5.41, 5.74) is 7.12. The van der Waals surface area contributed by atoms with E-state index < -0.39 is 6.04 Å². The Kier molecular flexibility index (Phi) is 6.65. The van der Waals surface area contributed by atoms with Gasteiger partial charge < -0.3 is 16.0 Å². The van der Waals surface area contributed by atoms with Crippen LogP contribution in [0.15, 0.2) is 42.5 Å². The number of rotatable bonds is 6.